The topological polar surface area (TPSA) is 66.4 Å². The van der Waals surface area contributed by atoms with Gasteiger partial charge in [0.1, 0.15) is 0 Å². The Morgan fingerprint density at radius 1 is 1.10 bits per heavy atom. The van der Waals surface area contributed by atoms with Gasteiger partial charge in [0.2, 0.25) is 5.91 Å². The zero-order valence-electron chi connectivity index (χ0n) is 11.5. The summed E-state index contributed by atoms with van der Waals surface area (Å²) in [6.45, 7) is 1.99. The highest BCUT2D eigenvalue weighted by Gasteiger charge is 2.53. The molecule has 0 radical (unpaired) electrons. The fraction of sp³-hybridized carbons (Fsp3) is 0.500. The second kappa shape index (κ2) is 4.93. The molecule has 1 aromatic rings. The lowest BCUT2D eigenvalue weighted by molar-refractivity contribution is -0.148. The Balaban J connectivity index is 1.76. The second-order valence-corrected chi connectivity index (χ2v) is 6.08. The Morgan fingerprint density at radius 2 is 1.70 bits per heavy atom. The van der Waals surface area contributed by atoms with Crippen LogP contribution < -0.4 is 5.32 Å². The minimum atomic E-state index is -0.818. The zero-order valence-corrected chi connectivity index (χ0v) is 11.5. The first-order valence-electron chi connectivity index (χ1n) is 7.16. The van der Waals surface area contributed by atoms with Gasteiger partial charge in [0.25, 0.3) is 0 Å². The first-order chi connectivity index (χ1) is 9.56. The quantitative estimate of drug-likeness (QED) is 0.889. The van der Waals surface area contributed by atoms with E-state index in [1.807, 2.05) is 31.2 Å². The smallest absolute Gasteiger partial charge is 0.307 e. The predicted molar refractivity (Wildman–Crippen MR) is 75.3 cm³/mol. The van der Waals surface area contributed by atoms with Gasteiger partial charge in [-0.25, -0.2) is 0 Å². The van der Waals surface area contributed by atoms with Gasteiger partial charge in [-0.2, -0.15) is 0 Å². The van der Waals surface area contributed by atoms with Crippen LogP contribution in [0, 0.1) is 30.6 Å². The maximum Gasteiger partial charge on any atom is 0.307 e. The minimum Gasteiger partial charge on any atom is -0.481 e. The van der Waals surface area contributed by atoms with Crippen LogP contribution in [0.1, 0.15) is 24.8 Å². The lowest BCUT2D eigenvalue weighted by Crippen LogP contribution is -2.37. The van der Waals surface area contributed by atoms with Crippen LogP contribution in [-0.2, 0) is 9.59 Å². The number of hydrogen-bond acceptors (Lipinski definition) is 2. The van der Waals surface area contributed by atoms with E-state index in [9.17, 15) is 14.7 Å². The molecule has 2 aliphatic carbocycles. The predicted octanol–water partition coefficient (Wildman–Crippen LogP) is 2.68. The third kappa shape index (κ3) is 2.19. The molecule has 4 heteroatoms. The van der Waals surface area contributed by atoms with Crippen molar-refractivity contribution in [3.05, 3.63) is 29.8 Å². The zero-order chi connectivity index (χ0) is 14.3. The summed E-state index contributed by atoms with van der Waals surface area (Å²) in [5.74, 6) is -1.39. The molecule has 2 fully saturated rings. The largest absolute Gasteiger partial charge is 0.481 e. The Kier molecular flexibility index (Phi) is 3.24. The van der Waals surface area contributed by atoms with Gasteiger partial charge >= 0.3 is 5.97 Å². The van der Waals surface area contributed by atoms with Crippen LogP contribution >= 0.6 is 0 Å². The average Bonchev–Trinajstić information content (AvgIpc) is 3.01. The van der Waals surface area contributed by atoms with E-state index in [1.165, 1.54) is 0 Å². The Labute approximate surface area is 118 Å². The van der Waals surface area contributed by atoms with E-state index in [2.05, 4.69) is 5.32 Å². The molecule has 4 nitrogen and oxygen atoms in total. The van der Waals surface area contributed by atoms with Crippen molar-refractivity contribution < 1.29 is 14.7 Å². The van der Waals surface area contributed by atoms with E-state index in [4.69, 9.17) is 0 Å². The number of aliphatic carboxylic acids is 1. The molecule has 0 aromatic heterocycles. The van der Waals surface area contributed by atoms with Crippen LogP contribution in [0.25, 0.3) is 0 Å². The monoisotopic (exact) mass is 273 g/mol. The highest BCUT2D eigenvalue weighted by atomic mass is 16.4. The summed E-state index contributed by atoms with van der Waals surface area (Å²) >= 11 is 0. The van der Waals surface area contributed by atoms with Crippen LogP contribution in [0.5, 0.6) is 0 Å². The molecule has 0 heterocycles. The molecule has 2 aliphatic rings. The number of rotatable bonds is 3. The first kappa shape index (κ1) is 13.2. The molecule has 0 spiro atoms. The molecule has 2 saturated carbocycles. The number of carboxylic acids is 1. The standard InChI is InChI=1S/C16H19NO3/c1-9-2-6-12(7-3-9)17-15(18)13-10-4-5-11(8-10)14(13)16(19)20/h2-3,6-7,10-11,13-14H,4-5,8H2,1H3,(H,17,18)(H,19,20)/t10-,11+,13+,14+/m1/s1. The summed E-state index contributed by atoms with van der Waals surface area (Å²) in [5.41, 5.74) is 1.87. The van der Waals surface area contributed by atoms with Gasteiger partial charge in [-0.15, -0.1) is 0 Å². The Hall–Kier alpha value is -1.84. The van der Waals surface area contributed by atoms with Gasteiger partial charge in [-0.05, 0) is 50.2 Å². The maximum absolute atomic E-state index is 12.4. The molecule has 2 bridgehead atoms. The lowest BCUT2D eigenvalue weighted by Gasteiger charge is -2.27. The van der Waals surface area contributed by atoms with Crippen molar-refractivity contribution in [1.29, 1.82) is 0 Å². The number of carboxylic acid groups (broad SMARTS) is 1. The summed E-state index contributed by atoms with van der Waals surface area (Å²) < 4.78 is 0. The number of carbonyl (C=O) groups excluding carboxylic acids is 1. The van der Waals surface area contributed by atoms with Crippen molar-refractivity contribution in [2.45, 2.75) is 26.2 Å². The van der Waals surface area contributed by atoms with E-state index in [1.54, 1.807) is 0 Å². The number of benzene rings is 1. The Morgan fingerprint density at radius 3 is 2.30 bits per heavy atom. The molecular weight excluding hydrogens is 254 g/mol. The SMILES string of the molecule is Cc1ccc(NC(=O)[C@H]2[C@@H]3CC[C@@H](C3)[C@@H]2C(=O)O)cc1. The van der Waals surface area contributed by atoms with Gasteiger partial charge in [0.15, 0.2) is 0 Å². The first-order valence-corrected chi connectivity index (χ1v) is 7.16. The number of nitrogens with one attached hydrogen (secondary N) is 1. The van der Waals surface area contributed by atoms with E-state index >= 15 is 0 Å². The fourth-order valence-corrected chi connectivity index (χ4v) is 3.89. The van der Waals surface area contributed by atoms with Crippen LogP contribution in [0.4, 0.5) is 5.69 Å². The van der Waals surface area contributed by atoms with Gasteiger partial charge in [0.05, 0.1) is 11.8 Å². The molecular formula is C16H19NO3. The second-order valence-electron chi connectivity index (χ2n) is 6.08. The van der Waals surface area contributed by atoms with Crippen molar-refractivity contribution in [3.8, 4) is 0 Å². The summed E-state index contributed by atoms with van der Waals surface area (Å²) in [5, 5.41) is 12.3. The van der Waals surface area contributed by atoms with E-state index in [0.717, 1.165) is 30.5 Å². The molecule has 1 amide bonds. The fourth-order valence-electron chi connectivity index (χ4n) is 3.89. The normalized spacial score (nSPS) is 31.2. The lowest BCUT2D eigenvalue weighted by atomic mass is 9.78. The van der Waals surface area contributed by atoms with Crippen LogP contribution in [-0.4, -0.2) is 17.0 Å². The molecule has 0 unspecified atom stereocenters. The number of carbonyl (C=O) groups is 2. The van der Waals surface area contributed by atoms with Gasteiger partial charge in [-0.1, -0.05) is 17.7 Å². The summed E-state index contributed by atoms with van der Waals surface area (Å²) in [6.07, 6.45) is 2.83. The average molecular weight is 273 g/mol. The van der Waals surface area contributed by atoms with Gasteiger partial charge < -0.3 is 10.4 Å². The highest BCUT2D eigenvalue weighted by Crippen LogP contribution is 2.52. The van der Waals surface area contributed by atoms with Gasteiger partial charge in [-0.3, -0.25) is 9.59 Å². The summed E-state index contributed by atoms with van der Waals surface area (Å²) in [7, 11) is 0. The number of aryl methyl sites for hydroxylation is 1. The van der Waals surface area contributed by atoms with Crippen LogP contribution in [0.2, 0.25) is 0 Å². The molecule has 0 saturated heterocycles. The number of amides is 1. The van der Waals surface area contributed by atoms with Gasteiger partial charge in [0, 0.05) is 5.69 Å². The summed E-state index contributed by atoms with van der Waals surface area (Å²) in [4.78, 5) is 23.9. The third-order valence-corrected chi connectivity index (χ3v) is 4.82. The van der Waals surface area contributed by atoms with E-state index in [0.29, 0.717) is 0 Å². The molecule has 2 N–H and O–H groups in total. The number of anilines is 1. The molecule has 20 heavy (non-hydrogen) atoms. The molecule has 1 aromatic carbocycles. The van der Waals surface area contributed by atoms with Crippen molar-refractivity contribution >= 4 is 17.6 Å². The highest BCUT2D eigenvalue weighted by molar-refractivity contribution is 5.96. The third-order valence-electron chi connectivity index (χ3n) is 4.82. The van der Waals surface area contributed by atoms with E-state index < -0.39 is 11.9 Å². The molecule has 106 valence electrons. The van der Waals surface area contributed by atoms with Crippen molar-refractivity contribution in [1.82, 2.24) is 0 Å². The maximum atomic E-state index is 12.4. The number of fused-ring (bicyclic) bond motifs is 2. The molecule has 0 aliphatic heterocycles. The van der Waals surface area contributed by atoms with Crippen LogP contribution in [0.15, 0.2) is 24.3 Å². The van der Waals surface area contributed by atoms with Crippen molar-refractivity contribution in [2.75, 3.05) is 5.32 Å². The van der Waals surface area contributed by atoms with Crippen molar-refractivity contribution in [3.63, 3.8) is 0 Å². The Bertz CT molecular complexity index is 537. The number of hydrogen-bond donors (Lipinski definition) is 2. The minimum absolute atomic E-state index is 0.131. The van der Waals surface area contributed by atoms with Crippen LogP contribution in [0.3, 0.4) is 0 Å². The van der Waals surface area contributed by atoms with Crippen molar-refractivity contribution in [2.24, 2.45) is 23.7 Å². The molecule has 4 atom stereocenters. The van der Waals surface area contributed by atoms with E-state index in [-0.39, 0.29) is 23.7 Å². The summed E-state index contributed by atoms with van der Waals surface area (Å²) in [6, 6.07) is 7.59. The molecule has 3 rings (SSSR count).